The van der Waals surface area contributed by atoms with E-state index in [0.717, 1.165) is 76.7 Å². The molecule has 162 valence electrons. The SMILES string of the molecule is O=c1ccc(N2CCCCC2CNCC2(O)CCCCC2)nn1C1CCCC1O. The maximum Gasteiger partial charge on any atom is 0.267 e. The summed E-state index contributed by atoms with van der Waals surface area (Å²) in [7, 11) is 0. The van der Waals surface area contributed by atoms with E-state index in [2.05, 4.69) is 15.3 Å². The van der Waals surface area contributed by atoms with Crippen LogP contribution >= 0.6 is 0 Å². The van der Waals surface area contributed by atoms with Gasteiger partial charge in [-0.15, -0.1) is 0 Å². The zero-order valence-corrected chi connectivity index (χ0v) is 17.4. The molecule has 7 heteroatoms. The van der Waals surface area contributed by atoms with Crippen LogP contribution in [0.15, 0.2) is 16.9 Å². The van der Waals surface area contributed by atoms with Crippen molar-refractivity contribution >= 4 is 5.82 Å². The van der Waals surface area contributed by atoms with Crippen molar-refractivity contribution in [2.75, 3.05) is 24.5 Å². The first-order chi connectivity index (χ1) is 14.1. The molecule has 0 spiro atoms. The van der Waals surface area contributed by atoms with Gasteiger partial charge in [0.05, 0.1) is 17.7 Å². The van der Waals surface area contributed by atoms with Gasteiger partial charge in [0, 0.05) is 31.7 Å². The Morgan fingerprint density at radius 2 is 1.90 bits per heavy atom. The molecule has 0 aromatic carbocycles. The summed E-state index contributed by atoms with van der Waals surface area (Å²) < 4.78 is 1.51. The van der Waals surface area contributed by atoms with E-state index in [1.807, 2.05) is 6.07 Å². The van der Waals surface area contributed by atoms with Crippen molar-refractivity contribution < 1.29 is 10.2 Å². The summed E-state index contributed by atoms with van der Waals surface area (Å²) in [5.74, 6) is 0.826. The smallest absolute Gasteiger partial charge is 0.267 e. The van der Waals surface area contributed by atoms with Gasteiger partial charge in [0.15, 0.2) is 0 Å². The molecule has 4 rings (SSSR count). The van der Waals surface area contributed by atoms with Crippen LogP contribution in [0.3, 0.4) is 0 Å². The minimum atomic E-state index is -0.554. The van der Waals surface area contributed by atoms with Gasteiger partial charge < -0.3 is 20.4 Å². The molecule has 1 aliphatic heterocycles. The van der Waals surface area contributed by atoms with Crippen molar-refractivity contribution in [3.63, 3.8) is 0 Å². The number of nitrogens with one attached hydrogen (secondary N) is 1. The molecule has 1 aromatic rings. The number of hydrogen-bond donors (Lipinski definition) is 3. The third-order valence-corrected chi connectivity index (χ3v) is 7.11. The molecule has 2 aliphatic carbocycles. The van der Waals surface area contributed by atoms with Crippen molar-refractivity contribution in [2.24, 2.45) is 0 Å². The van der Waals surface area contributed by atoms with Crippen LogP contribution in [0.4, 0.5) is 5.82 Å². The third kappa shape index (κ3) is 4.84. The Morgan fingerprint density at radius 1 is 1.07 bits per heavy atom. The quantitative estimate of drug-likeness (QED) is 0.672. The van der Waals surface area contributed by atoms with Crippen molar-refractivity contribution in [1.82, 2.24) is 15.1 Å². The van der Waals surface area contributed by atoms with Crippen LogP contribution in [0.25, 0.3) is 0 Å². The molecule has 2 heterocycles. The summed E-state index contributed by atoms with van der Waals surface area (Å²) in [5, 5.41) is 29.2. The Labute approximate surface area is 173 Å². The topological polar surface area (TPSA) is 90.6 Å². The second-order valence-corrected chi connectivity index (χ2v) is 9.30. The standard InChI is InChI=1S/C22H36N4O3/c27-19-9-6-8-18(19)26-21(28)11-10-20(24-26)25-14-5-2-7-17(25)15-23-16-22(29)12-3-1-4-13-22/h10-11,17-19,23,27,29H,1-9,12-16H2. The van der Waals surface area contributed by atoms with Gasteiger partial charge in [0.1, 0.15) is 5.82 Å². The molecule has 3 N–H and O–H groups in total. The molecule has 3 atom stereocenters. The third-order valence-electron chi connectivity index (χ3n) is 7.11. The lowest BCUT2D eigenvalue weighted by Crippen LogP contribution is -2.50. The van der Waals surface area contributed by atoms with Gasteiger partial charge in [-0.05, 0) is 57.4 Å². The summed E-state index contributed by atoms with van der Waals surface area (Å²) in [6.07, 6.45) is 10.6. The molecule has 0 bridgehead atoms. The summed E-state index contributed by atoms with van der Waals surface area (Å²) >= 11 is 0. The maximum absolute atomic E-state index is 12.4. The Kier molecular flexibility index (Phi) is 6.56. The number of nitrogens with zero attached hydrogens (tertiary/aromatic N) is 3. The lowest BCUT2D eigenvalue weighted by atomic mass is 9.85. The molecule has 0 amide bonds. The van der Waals surface area contributed by atoms with E-state index >= 15 is 0 Å². The average molecular weight is 405 g/mol. The van der Waals surface area contributed by atoms with E-state index in [9.17, 15) is 15.0 Å². The van der Waals surface area contributed by atoms with Gasteiger partial charge in [-0.1, -0.05) is 19.3 Å². The van der Waals surface area contributed by atoms with Crippen LogP contribution in [0.5, 0.6) is 0 Å². The fourth-order valence-electron chi connectivity index (χ4n) is 5.38. The molecular formula is C22H36N4O3. The highest BCUT2D eigenvalue weighted by molar-refractivity contribution is 5.39. The molecule has 1 saturated heterocycles. The molecular weight excluding hydrogens is 368 g/mol. The van der Waals surface area contributed by atoms with E-state index in [-0.39, 0.29) is 11.6 Å². The van der Waals surface area contributed by atoms with Gasteiger partial charge in [-0.25, -0.2) is 4.68 Å². The predicted molar refractivity (Wildman–Crippen MR) is 113 cm³/mol. The first-order valence-electron chi connectivity index (χ1n) is 11.5. The van der Waals surface area contributed by atoms with Crippen molar-refractivity contribution in [3.8, 4) is 0 Å². The summed E-state index contributed by atoms with van der Waals surface area (Å²) in [4.78, 5) is 14.7. The lowest BCUT2D eigenvalue weighted by Gasteiger charge is -2.38. The second-order valence-electron chi connectivity index (χ2n) is 9.30. The summed E-state index contributed by atoms with van der Waals surface area (Å²) in [6.45, 7) is 2.39. The number of aliphatic hydroxyl groups excluding tert-OH is 1. The van der Waals surface area contributed by atoms with Gasteiger partial charge in [0.2, 0.25) is 0 Å². The maximum atomic E-state index is 12.4. The van der Waals surface area contributed by atoms with E-state index in [4.69, 9.17) is 0 Å². The van der Waals surface area contributed by atoms with E-state index < -0.39 is 11.7 Å². The van der Waals surface area contributed by atoms with Gasteiger partial charge in [-0.2, -0.15) is 5.10 Å². The molecule has 29 heavy (non-hydrogen) atoms. The highest BCUT2D eigenvalue weighted by Gasteiger charge is 2.31. The van der Waals surface area contributed by atoms with Gasteiger partial charge in [0.25, 0.3) is 5.56 Å². The number of rotatable bonds is 6. The number of anilines is 1. The second kappa shape index (κ2) is 9.14. The predicted octanol–water partition coefficient (Wildman–Crippen LogP) is 1.97. The summed E-state index contributed by atoms with van der Waals surface area (Å²) in [6, 6.07) is 3.52. The van der Waals surface area contributed by atoms with Crippen molar-refractivity contribution in [1.29, 1.82) is 0 Å². The van der Waals surface area contributed by atoms with Crippen molar-refractivity contribution in [3.05, 3.63) is 22.5 Å². The number of aliphatic hydroxyl groups is 2. The average Bonchev–Trinajstić information content (AvgIpc) is 3.15. The first-order valence-corrected chi connectivity index (χ1v) is 11.5. The van der Waals surface area contributed by atoms with Crippen molar-refractivity contribution in [2.45, 2.75) is 94.4 Å². The van der Waals surface area contributed by atoms with Crippen LogP contribution in [0.2, 0.25) is 0 Å². The van der Waals surface area contributed by atoms with Crippen LogP contribution in [-0.2, 0) is 0 Å². The van der Waals surface area contributed by atoms with Crippen LogP contribution in [0, 0.1) is 0 Å². The Hall–Kier alpha value is -1.44. The Morgan fingerprint density at radius 3 is 2.66 bits per heavy atom. The lowest BCUT2D eigenvalue weighted by molar-refractivity contribution is 0.00469. The molecule has 7 nitrogen and oxygen atoms in total. The fraction of sp³-hybridized carbons (Fsp3) is 0.818. The molecule has 3 fully saturated rings. The van der Waals surface area contributed by atoms with Crippen LogP contribution < -0.4 is 15.8 Å². The number of aromatic nitrogens is 2. The number of piperidine rings is 1. The fourth-order valence-corrected chi connectivity index (χ4v) is 5.38. The van der Waals surface area contributed by atoms with E-state index in [0.29, 0.717) is 12.6 Å². The Bertz CT molecular complexity index is 731. The summed E-state index contributed by atoms with van der Waals surface area (Å²) in [5.41, 5.74) is -0.687. The highest BCUT2D eigenvalue weighted by Crippen LogP contribution is 2.30. The van der Waals surface area contributed by atoms with Gasteiger partial charge in [-0.3, -0.25) is 4.79 Å². The highest BCUT2D eigenvalue weighted by atomic mass is 16.3. The molecule has 3 unspecified atom stereocenters. The number of hydrogen-bond acceptors (Lipinski definition) is 6. The molecule has 0 radical (unpaired) electrons. The zero-order chi connectivity index (χ0) is 20.3. The molecule has 1 aromatic heterocycles. The minimum Gasteiger partial charge on any atom is -0.391 e. The van der Waals surface area contributed by atoms with Crippen LogP contribution in [0.1, 0.15) is 76.7 Å². The normalized spacial score (nSPS) is 29.9. The Balaban J connectivity index is 1.44. The monoisotopic (exact) mass is 404 g/mol. The molecule has 3 aliphatic rings. The minimum absolute atomic E-state index is 0.133. The largest absolute Gasteiger partial charge is 0.391 e. The van der Waals surface area contributed by atoms with Crippen LogP contribution in [-0.4, -0.2) is 57.4 Å². The molecule has 2 saturated carbocycles. The first kappa shape index (κ1) is 20.8. The van der Waals surface area contributed by atoms with Gasteiger partial charge >= 0.3 is 0 Å². The van der Waals surface area contributed by atoms with E-state index in [1.165, 1.54) is 17.5 Å². The zero-order valence-electron chi connectivity index (χ0n) is 17.4. The van der Waals surface area contributed by atoms with E-state index in [1.54, 1.807) is 6.07 Å².